The Morgan fingerprint density at radius 3 is 2.45 bits per heavy atom. The summed E-state index contributed by atoms with van der Waals surface area (Å²) < 4.78 is 28.6. The number of esters is 1. The molecule has 0 fully saturated rings. The minimum atomic E-state index is -3.63. The van der Waals surface area contributed by atoms with Crippen LogP contribution in [0.15, 0.2) is 29.2 Å². The first-order chi connectivity index (χ1) is 9.49. The Morgan fingerprint density at radius 1 is 1.25 bits per heavy atom. The molecule has 0 atom stereocenters. The fourth-order valence-corrected chi connectivity index (χ4v) is 2.75. The van der Waals surface area contributed by atoms with Crippen LogP contribution in [0.5, 0.6) is 0 Å². The van der Waals surface area contributed by atoms with Crippen molar-refractivity contribution in [3.05, 3.63) is 29.8 Å². The van der Waals surface area contributed by atoms with Gasteiger partial charge in [-0.1, -0.05) is 12.1 Å². The van der Waals surface area contributed by atoms with Gasteiger partial charge in [0, 0.05) is 6.42 Å². The molecule has 5 heteroatoms. The van der Waals surface area contributed by atoms with E-state index in [1.54, 1.807) is 26.0 Å². The Morgan fingerprint density at radius 2 is 1.90 bits per heavy atom. The van der Waals surface area contributed by atoms with E-state index in [-0.39, 0.29) is 11.5 Å². The maximum absolute atomic E-state index is 12.0. The highest BCUT2D eigenvalue weighted by Gasteiger charge is 2.19. The van der Waals surface area contributed by atoms with Crippen LogP contribution in [-0.4, -0.2) is 26.7 Å². The zero-order valence-electron chi connectivity index (χ0n) is 11.7. The second-order valence-electron chi connectivity index (χ2n) is 4.13. The largest absolute Gasteiger partial charge is 0.465 e. The fraction of sp³-hybridized carbons (Fsp3) is 0.400. The summed E-state index contributed by atoms with van der Waals surface area (Å²) in [6, 6.07) is 6.53. The molecule has 0 radical (unpaired) electrons. The lowest BCUT2D eigenvalue weighted by Gasteiger charge is -2.05. The van der Waals surface area contributed by atoms with E-state index in [9.17, 15) is 13.2 Å². The fourth-order valence-electron chi connectivity index (χ4n) is 1.64. The van der Waals surface area contributed by atoms with Crippen molar-refractivity contribution < 1.29 is 17.9 Å². The van der Waals surface area contributed by atoms with E-state index in [2.05, 4.69) is 16.6 Å². The van der Waals surface area contributed by atoms with Crippen LogP contribution >= 0.6 is 0 Å². The summed E-state index contributed by atoms with van der Waals surface area (Å²) in [5.74, 6) is 4.41. The molecule has 0 saturated heterocycles. The summed E-state index contributed by atoms with van der Waals surface area (Å²) in [7, 11) is -3.63. The highest BCUT2D eigenvalue weighted by Crippen LogP contribution is 2.13. The maximum atomic E-state index is 12.0. The van der Waals surface area contributed by atoms with E-state index in [1.807, 2.05) is 0 Å². The van der Waals surface area contributed by atoms with Crippen LogP contribution in [0.2, 0.25) is 0 Å². The zero-order valence-corrected chi connectivity index (χ0v) is 12.5. The molecule has 0 saturated carbocycles. The average Bonchev–Trinajstić information content (AvgIpc) is 2.39. The van der Waals surface area contributed by atoms with Gasteiger partial charge in [-0.05, 0) is 38.0 Å². The number of hydrogen-bond donors (Lipinski definition) is 0. The molecule has 0 aliphatic carbocycles. The number of benzene rings is 1. The van der Waals surface area contributed by atoms with Crippen molar-refractivity contribution in [2.75, 3.05) is 12.4 Å². The molecule has 0 bridgehead atoms. The molecule has 1 rings (SSSR count). The molecule has 0 aliphatic rings. The lowest BCUT2D eigenvalue weighted by molar-refractivity contribution is -0.139. The molecular weight excluding hydrogens is 276 g/mol. The second kappa shape index (κ2) is 7.71. The lowest BCUT2D eigenvalue weighted by atomic mass is 10.1. The summed E-state index contributed by atoms with van der Waals surface area (Å²) in [5.41, 5.74) is 1.02. The van der Waals surface area contributed by atoms with Gasteiger partial charge in [-0.15, -0.1) is 11.8 Å². The van der Waals surface area contributed by atoms with Gasteiger partial charge < -0.3 is 4.74 Å². The smallest absolute Gasteiger partial charge is 0.321 e. The summed E-state index contributed by atoms with van der Waals surface area (Å²) >= 11 is 0. The number of carbonyl (C=O) groups is 1. The highest BCUT2D eigenvalue weighted by atomic mass is 32.2. The summed E-state index contributed by atoms with van der Waals surface area (Å²) in [4.78, 5) is 11.4. The predicted octanol–water partition coefficient (Wildman–Crippen LogP) is 1.98. The minimum absolute atomic E-state index is 0.135. The van der Waals surface area contributed by atoms with Crippen molar-refractivity contribution in [2.24, 2.45) is 0 Å². The Kier molecular flexibility index (Phi) is 6.26. The molecule has 20 heavy (non-hydrogen) atoms. The summed E-state index contributed by atoms with van der Waals surface area (Å²) in [5, 5.41) is 0. The third-order valence-corrected chi connectivity index (χ3v) is 4.22. The van der Waals surface area contributed by atoms with Crippen molar-refractivity contribution in [1.29, 1.82) is 0 Å². The van der Waals surface area contributed by atoms with Gasteiger partial charge in [-0.3, -0.25) is 4.79 Å². The van der Waals surface area contributed by atoms with E-state index in [1.165, 1.54) is 12.1 Å². The van der Waals surface area contributed by atoms with Gasteiger partial charge in [0.2, 0.25) is 0 Å². The molecule has 0 unspecified atom stereocenters. The third kappa shape index (κ3) is 5.06. The van der Waals surface area contributed by atoms with Crippen molar-refractivity contribution >= 4 is 15.8 Å². The predicted molar refractivity (Wildman–Crippen MR) is 76.9 cm³/mol. The quantitative estimate of drug-likeness (QED) is 0.594. The van der Waals surface area contributed by atoms with Crippen molar-refractivity contribution in [2.45, 2.75) is 31.6 Å². The van der Waals surface area contributed by atoms with E-state index in [0.29, 0.717) is 0 Å². The molecule has 0 aromatic heterocycles. The maximum Gasteiger partial charge on any atom is 0.321 e. The number of sulfone groups is 1. The Labute approximate surface area is 120 Å². The standard InChI is InChI=1S/C15H18O4S/c1-3-5-6-7-13-8-10-14(11-9-13)20(17,18)12-15(16)19-4-2/h8-11H,4,6-7,12H2,1-2H3. The van der Waals surface area contributed by atoms with E-state index >= 15 is 0 Å². The molecule has 0 heterocycles. The molecule has 4 nitrogen and oxygen atoms in total. The van der Waals surface area contributed by atoms with Gasteiger partial charge in [0.05, 0.1) is 11.5 Å². The first-order valence-electron chi connectivity index (χ1n) is 6.36. The van der Waals surface area contributed by atoms with Gasteiger partial charge in [0.15, 0.2) is 15.6 Å². The first-order valence-corrected chi connectivity index (χ1v) is 8.01. The highest BCUT2D eigenvalue weighted by molar-refractivity contribution is 7.92. The molecule has 1 aromatic rings. The van der Waals surface area contributed by atoms with Crippen molar-refractivity contribution in [3.63, 3.8) is 0 Å². The molecule has 1 aromatic carbocycles. The van der Waals surface area contributed by atoms with Crippen LogP contribution in [0, 0.1) is 11.8 Å². The molecule has 0 aliphatic heterocycles. The number of carbonyl (C=O) groups excluding carboxylic acids is 1. The van der Waals surface area contributed by atoms with Gasteiger partial charge in [-0.25, -0.2) is 8.42 Å². The van der Waals surface area contributed by atoms with Gasteiger partial charge >= 0.3 is 5.97 Å². The normalized spacial score (nSPS) is 10.5. The second-order valence-corrected chi connectivity index (χ2v) is 6.12. The van der Waals surface area contributed by atoms with Crippen LogP contribution in [0.4, 0.5) is 0 Å². The minimum Gasteiger partial charge on any atom is -0.465 e. The molecule has 108 valence electrons. The van der Waals surface area contributed by atoms with E-state index < -0.39 is 21.6 Å². The van der Waals surface area contributed by atoms with Gasteiger partial charge in [0.1, 0.15) is 0 Å². The zero-order chi connectivity index (χ0) is 15.0. The average molecular weight is 294 g/mol. The lowest BCUT2D eigenvalue weighted by Crippen LogP contribution is -2.18. The Bertz CT molecular complexity index is 604. The van der Waals surface area contributed by atoms with Gasteiger partial charge in [0.25, 0.3) is 0 Å². The Balaban J connectivity index is 2.75. The van der Waals surface area contributed by atoms with Gasteiger partial charge in [-0.2, -0.15) is 0 Å². The molecule has 0 N–H and O–H groups in total. The number of ether oxygens (including phenoxy) is 1. The van der Waals surface area contributed by atoms with Crippen LogP contribution < -0.4 is 0 Å². The first kappa shape index (κ1) is 16.3. The van der Waals surface area contributed by atoms with Crippen molar-refractivity contribution in [3.8, 4) is 11.8 Å². The molecule has 0 spiro atoms. The van der Waals surface area contributed by atoms with Crippen molar-refractivity contribution in [1.82, 2.24) is 0 Å². The topological polar surface area (TPSA) is 60.4 Å². The van der Waals surface area contributed by atoms with Crippen LogP contribution in [0.1, 0.15) is 25.8 Å². The number of rotatable bonds is 6. The van der Waals surface area contributed by atoms with Crippen LogP contribution in [0.25, 0.3) is 0 Å². The number of hydrogen-bond acceptors (Lipinski definition) is 4. The van der Waals surface area contributed by atoms with E-state index in [0.717, 1.165) is 18.4 Å². The SMILES string of the molecule is CC#CCCc1ccc(S(=O)(=O)CC(=O)OCC)cc1. The summed E-state index contributed by atoms with van der Waals surface area (Å²) in [6.07, 6.45) is 1.52. The Hall–Kier alpha value is -1.80. The monoisotopic (exact) mass is 294 g/mol. The molecular formula is C15H18O4S. The van der Waals surface area contributed by atoms with Crippen LogP contribution in [-0.2, 0) is 25.8 Å². The summed E-state index contributed by atoms with van der Waals surface area (Å²) in [6.45, 7) is 3.59. The number of aryl methyl sites for hydroxylation is 1. The van der Waals surface area contributed by atoms with Crippen LogP contribution in [0.3, 0.4) is 0 Å². The molecule has 0 amide bonds. The third-order valence-electron chi connectivity index (χ3n) is 2.61. The van der Waals surface area contributed by atoms with E-state index in [4.69, 9.17) is 0 Å².